The van der Waals surface area contributed by atoms with Gasteiger partial charge in [-0.15, -0.1) is 0 Å². The average Bonchev–Trinajstić information content (AvgIpc) is 3.22. The molecule has 3 aromatic rings. The fraction of sp³-hybridized carbons (Fsp3) is 0.143. The van der Waals surface area contributed by atoms with Gasteiger partial charge in [0.25, 0.3) is 11.6 Å². The topological polar surface area (TPSA) is 116 Å². The van der Waals surface area contributed by atoms with E-state index in [0.29, 0.717) is 40.2 Å². The van der Waals surface area contributed by atoms with E-state index in [4.69, 9.17) is 25.5 Å². The smallest absolute Gasteiger partial charge is 0.277 e. The predicted octanol–water partition coefficient (Wildman–Crippen LogP) is 4.44. The molecule has 0 saturated heterocycles. The maximum absolute atomic E-state index is 11.9. The number of halogens is 1. The molecule has 3 rings (SSSR count). The van der Waals surface area contributed by atoms with E-state index in [2.05, 4.69) is 10.5 Å². The van der Waals surface area contributed by atoms with Gasteiger partial charge in [-0.05, 0) is 37.3 Å². The highest BCUT2D eigenvalue weighted by Crippen LogP contribution is 2.32. The van der Waals surface area contributed by atoms with Crippen LogP contribution in [0.1, 0.15) is 12.7 Å². The van der Waals surface area contributed by atoms with Crippen molar-refractivity contribution < 1.29 is 23.6 Å². The SMILES string of the molecule is CCOc1ccccc1OCC(=O)NN=Cc1ccc(-c2cc([N+](=O)[O-])ccc2Cl)o1. The zero-order chi connectivity index (χ0) is 22.2. The molecule has 0 saturated carbocycles. The van der Waals surface area contributed by atoms with Crippen molar-refractivity contribution >= 4 is 29.4 Å². The van der Waals surface area contributed by atoms with E-state index < -0.39 is 10.8 Å². The molecule has 1 heterocycles. The van der Waals surface area contributed by atoms with Crippen LogP contribution in [-0.2, 0) is 4.79 Å². The Hall–Kier alpha value is -3.85. The van der Waals surface area contributed by atoms with Crippen molar-refractivity contribution in [2.45, 2.75) is 6.92 Å². The molecule has 1 N–H and O–H groups in total. The number of para-hydroxylation sites is 2. The number of hydrogen-bond acceptors (Lipinski definition) is 7. The Morgan fingerprint density at radius 2 is 1.94 bits per heavy atom. The number of hydrogen-bond donors (Lipinski definition) is 1. The minimum absolute atomic E-state index is 0.107. The molecule has 0 bridgehead atoms. The highest BCUT2D eigenvalue weighted by atomic mass is 35.5. The molecule has 2 aromatic carbocycles. The second kappa shape index (κ2) is 10.3. The third-order valence-electron chi connectivity index (χ3n) is 3.94. The number of non-ortho nitro benzene ring substituents is 1. The zero-order valence-corrected chi connectivity index (χ0v) is 17.2. The Bertz CT molecular complexity index is 1110. The lowest BCUT2D eigenvalue weighted by molar-refractivity contribution is -0.384. The zero-order valence-electron chi connectivity index (χ0n) is 16.4. The number of carbonyl (C=O) groups excluding carboxylic acids is 1. The molecule has 0 atom stereocenters. The summed E-state index contributed by atoms with van der Waals surface area (Å²) in [6, 6.07) is 14.3. The molecule has 0 unspecified atom stereocenters. The summed E-state index contributed by atoms with van der Waals surface area (Å²) in [7, 11) is 0. The van der Waals surface area contributed by atoms with Crippen LogP contribution in [0.25, 0.3) is 11.3 Å². The van der Waals surface area contributed by atoms with Gasteiger partial charge < -0.3 is 13.9 Å². The first kappa shape index (κ1) is 21.8. The quantitative estimate of drug-likeness (QED) is 0.297. The van der Waals surface area contributed by atoms with Gasteiger partial charge in [0.05, 0.1) is 22.8 Å². The molecule has 10 heteroatoms. The Labute approximate surface area is 182 Å². The van der Waals surface area contributed by atoms with Crippen LogP contribution < -0.4 is 14.9 Å². The van der Waals surface area contributed by atoms with Gasteiger partial charge in [0.2, 0.25) is 0 Å². The molecular weight excluding hydrogens is 426 g/mol. The lowest BCUT2D eigenvalue weighted by Crippen LogP contribution is -2.24. The molecule has 0 aliphatic rings. The molecule has 0 aliphatic heterocycles. The number of hydrazone groups is 1. The van der Waals surface area contributed by atoms with Gasteiger partial charge in [0.1, 0.15) is 11.5 Å². The number of rotatable bonds is 9. The lowest BCUT2D eigenvalue weighted by Gasteiger charge is -2.10. The number of furan rings is 1. The molecule has 31 heavy (non-hydrogen) atoms. The number of carbonyl (C=O) groups is 1. The molecule has 0 radical (unpaired) electrons. The number of nitrogens with zero attached hydrogens (tertiary/aromatic N) is 2. The van der Waals surface area contributed by atoms with Crippen molar-refractivity contribution in [3.63, 3.8) is 0 Å². The molecule has 0 aliphatic carbocycles. The number of nitrogens with one attached hydrogen (secondary N) is 1. The largest absolute Gasteiger partial charge is 0.490 e. The summed E-state index contributed by atoms with van der Waals surface area (Å²) in [5, 5.41) is 15.1. The van der Waals surface area contributed by atoms with Gasteiger partial charge in [-0.1, -0.05) is 23.7 Å². The predicted molar refractivity (Wildman–Crippen MR) is 115 cm³/mol. The van der Waals surface area contributed by atoms with Crippen molar-refractivity contribution in [3.05, 3.63) is 75.5 Å². The van der Waals surface area contributed by atoms with Crippen LogP contribution in [-0.4, -0.2) is 30.3 Å². The van der Waals surface area contributed by atoms with Crippen molar-refractivity contribution in [3.8, 4) is 22.8 Å². The monoisotopic (exact) mass is 443 g/mol. The van der Waals surface area contributed by atoms with Crippen LogP contribution in [0.5, 0.6) is 11.5 Å². The number of nitro groups is 1. The van der Waals surface area contributed by atoms with Crippen molar-refractivity contribution in [2.24, 2.45) is 5.10 Å². The van der Waals surface area contributed by atoms with E-state index in [1.165, 1.54) is 24.4 Å². The number of amides is 1. The molecule has 9 nitrogen and oxygen atoms in total. The highest BCUT2D eigenvalue weighted by molar-refractivity contribution is 6.33. The van der Waals surface area contributed by atoms with E-state index in [9.17, 15) is 14.9 Å². The molecule has 0 spiro atoms. The third kappa shape index (κ3) is 5.83. The van der Waals surface area contributed by atoms with Crippen molar-refractivity contribution in [1.82, 2.24) is 5.43 Å². The lowest BCUT2D eigenvalue weighted by atomic mass is 10.1. The Balaban J connectivity index is 1.58. The van der Waals surface area contributed by atoms with Gasteiger partial charge in [-0.3, -0.25) is 14.9 Å². The van der Waals surface area contributed by atoms with E-state index in [-0.39, 0.29) is 12.3 Å². The molecule has 1 aromatic heterocycles. The summed E-state index contributed by atoms with van der Waals surface area (Å²) >= 11 is 6.11. The summed E-state index contributed by atoms with van der Waals surface area (Å²) in [5.41, 5.74) is 2.60. The minimum Gasteiger partial charge on any atom is -0.490 e. The van der Waals surface area contributed by atoms with E-state index >= 15 is 0 Å². The average molecular weight is 444 g/mol. The van der Waals surface area contributed by atoms with Crippen LogP contribution in [0.15, 0.2) is 64.1 Å². The molecule has 1 amide bonds. The Morgan fingerprint density at radius 1 is 1.19 bits per heavy atom. The molecule has 160 valence electrons. The Morgan fingerprint density at radius 3 is 2.65 bits per heavy atom. The summed E-state index contributed by atoms with van der Waals surface area (Å²) in [6.45, 7) is 2.07. The second-order valence-corrected chi connectivity index (χ2v) is 6.49. The second-order valence-electron chi connectivity index (χ2n) is 6.08. The summed E-state index contributed by atoms with van der Waals surface area (Å²) < 4.78 is 16.5. The van der Waals surface area contributed by atoms with Gasteiger partial charge in [0, 0.05) is 17.7 Å². The number of ether oxygens (including phenoxy) is 2. The van der Waals surface area contributed by atoms with Crippen molar-refractivity contribution in [2.75, 3.05) is 13.2 Å². The first-order valence-electron chi connectivity index (χ1n) is 9.18. The number of benzene rings is 2. The standard InChI is InChI=1S/C21H18ClN3O6/c1-2-29-19-5-3-4-6-20(19)30-13-21(26)24-23-12-15-8-10-18(31-15)16-11-14(25(27)28)7-9-17(16)22/h3-12H,2,13H2,1H3,(H,24,26). The van der Waals surface area contributed by atoms with Gasteiger partial charge in [-0.25, -0.2) is 5.43 Å². The maximum atomic E-state index is 11.9. The first-order valence-corrected chi connectivity index (χ1v) is 9.56. The summed E-state index contributed by atoms with van der Waals surface area (Å²) in [4.78, 5) is 22.4. The highest BCUT2D eigenvalue weighted by Gasteiger charge is 2.14. The van der Waals surface area contributed by atoms with E-state index in [1.54, 1.807) is 36.4 Å². The van der Waals surface area contributed by atoms with Gasteiger partial charge in [0.15, 0.2) is 18.1 Å². The fourth-order valence-electron chi connectivity index (χ4n) is 2.57. The summed E-state index contributed by atoms with van der Waals surface area (Å²) in [6.07, 6.45) is 1.29. The third-order valence-corrected chi connectivity index (χ3v) is 4.27. The van der Waals surface area contributed by atoms with Crippen LogP contribution in [0, 0.1) is 10.1 Å². The van der Waals surface area contributed by atoms with Crippen LogP contribution in [0.2, 0.25) is 5.02 Å². The minimum atomic E-state index is -0.518. The molecular formula is C21H18ClN3O6. The maximum Gasteiger partial charge on any atom is 0.277 e. The van der Waals surface area contributed by atoms with Crippen LogP contribution >= 0.6 is 11.6 Å². The van der Waals surface area contributed by atoms with E-state index in [0.717, 1.165) is 0 Å². The first-order chi connectivity index (χ1) is 15.0. The normalized spacial score (nSPS) is 10.8. The van der Waals surface area contributed by atoms with Crippen LogP contribution in [0.3, 0.4) is 0 Å². The van der Waals surface area contributed by atoms with Gasteiger partial charge in [-0.2, -0.15) is 5.10 Å². The van der Waals surface area contributed by atoms with Crippen LogP contribution in [0.4, 0.5) is 5.69 Å². The van der Waals surface area contributed by atoms with Gasteiger partial charge >= 0.3 is 0 Å². The van der Waals surface area contributed by atoms with Crippen molar-refractivity contribution in [1.29, 1.82) is 0 Å². The van der Waals surface area contributed by atoms with E-state index in [1.807, 2.05) is 6.92 Å². The summed E-state index contributed by atoms with van der Waals surface area (Å²) in [5.74, 6) is 1.17. The number of nitro benzene ring substituents is 1. The fourth-order valence-corrected chi connectivity index (χ4v) is 2.78. The molecule has 0 fully saturated rings. The Kier molecular flexibility index (Phi) is 7.23.